The minimum atomic E-state index is -0.527. The lowest BCUT2D eigenvalue weighted by Crippen LogP contribution is -2.24. The molecule has 0 spiro atoms. The molecule has 1 N–H and O–H groups in total. The number of esters is 1. The Hall–Kier alpha value is -4.39. The van der Waals surface area contributed by atoms with Crippen molar-refractivity contribution in [3.05, 3.63) is 95.2 Å². The second-order valence-corrected chi connectivity index (χ2v) is 8.97. The van der Waals surface area contributed by atoms with E-state index in [0.29, 0.717) is 29.2 Å². The molecule has 0 saturated heterocycles. The Morgan fingerprint density at radius 3 is 2.54 bits per heavy atom. The van der Waals surface area contributed by atoms with Crippen molar-refractivity contribution in [2.24, 2.45) is 0 Å². The number of fused-ring (bicyclic) bond motifs is 2. The lowest BCUT2D eigenvalue weighted by molar-refractivity contribution is -0.119. The molecule has 7 heteroatoms. The van der Waals surface area contributed by atoms with Gasteiger partial charge in [0.2, 0.25) is 0 Å². The van der Waals surface area contributed by atoms with Gasteiger partial charge in [0.15, 0.2) is 6.61 Å². The molecular weight excluding hydrogens is 468 g/mol. The Morgan fingerprint density at radius 1 is 0.973 bits per heavy atom. The first-order chi connectivity index (χ1) is 18.1. The molecule has 0 aliphatic heterocycles. The molecule has 37 heavy (non-hydrogen) atoms. The van der Waals surface area contributed by atoms with Gasteiger partial charge in [-0.3, -0.25) is 9.78 Å². The smallest absolute Gasteiger partial charge is 0.339 e. The number of nitrogens with one attached hydrogen (secondary N) is 1. The Morgan fingerprint density at radius 2 is 1.76 bits per heavy atom. The number of anilines is 1. The van der Waals surface area contributed by atoms with Crippen LogP contribution in [-0.4, -0.2) is 37.7 Å². The Kier molecular flexibility index (Phi) is 7.03. The van der Waals surface area contributed by atoms with E-state index in [9.17, 15) is 9.59 Å². The van der Waals surface area contributed by atoms with Crippen LogP contribution in [0.25, 0.3) is 10.9 Å². The average molecular weight is 497 g/mol. The molecule has 0 fully saturated rings. The normalized spacial score (nSPS) is 14.5. The number of methoxy groups -OCH3 is 2. The monoisotopic (exact) mass is 496 g/mol. The maximum Gasteiger partial charge on any atom is 0.339 e. The van der Waals surface area contributed by atoms with E-state index < -0.39 is 18.5 Å². The van der Waals surface area contributed by atoms with Gasteiger partial charge < -0.3 is 19.5 Å². The van der Waals surface area contributed by atoms with Crippen LogP contribution < -0.4 is 14.8 Å². The third-order valence-electron chi connectivity index (χ3n) is 6.75. The van der Waals surface area contributed by atoms with E-state index in [2.05, 4.69) is 17.4 Å². The zero-order valence-electron chi connectivity index (χ0n) is 20.8. The predicted octanol–water partition coefficient (Wildman–Crippen LogP) is 5.32. The molecule has 0 saturated carbocycles. The summed E-state index contributed by atoms with van der Waals surface area (Å²) in [5, 5.41) is 3.47. The number of aromatic nitrogens is 1. The van der Waals surface area contributed by atoms with Gasteiger partial charge in [0.25, 0.3) is 5.91 Å². The van der Waals surface area contributed by atoms with Gasteiger partial charge in [-0.25, -0.2) is 4.79 Å². The maximum absolute atomic E-state index is 13.5. The standard InChI is InChI=1S/C30H28N2O5/c1-35-21-13-15-26(27(17-21)36-2)32-28(33)18-37-30(34)29-22-10-6-7-11-24(22)31-25-14-12-20(16-23(25)29)19-8-4-3-5-9-19/h3-11,13,15,17,20H,12,14,16,18H2,1-2H3,(H,32,33). The highest BCUT2D eigenvalue weighted by atomic mass is 16.5. The van der Waals surface area contributed by atoms with Crippen molar-refractivity contribution in [1.29, 1.82) is 0 Å². The van der Waals surface area contributed by atoms with Crippen LogP contribution in [0, 0.1) is 0 Å². The van der Waals surface area contributed by atoms with Crippen LogP contribution in [0.5, 0.6) is 11.5 Å². The highest BCUT2D eigenvalue weighted by molar-refractivity contribution is 6.06. The highest BCUT2D eigenvalue weighted by Gasteiger charge is 2.28. The second-order valence-electron chi connectivity index (χ2n) is 8.97. The van der Waals surface area contributed by atoms with Crippen molar-refractivity contribution >= 4 is 28.5 Å². The van der Waals surface area contributed by atoms with E-state index >= 15 is 0 Å². The van der Waals surface area contributed by atoms with Crippen LogP contribution in [0.1, 0.15) is 39.5 Å². The Balaban J connectivity index is 1.38. The van der Waals surface area contributed by atoms with Crippen molar-refractivity contribution in [3.63, 3.8) is 0 Å². The molecule has 7 nitrogen and oxygen atoms in total. The molecule has 4 aromatic rings. The molecule has 1 heterocycles. The topological polar surface area (TPSA) is 86.8 Å². The van der Waals surface area contributed by atoms with Gasteiger partial charge in [-0.1, -0.05) is 48.5 Å². The fourth-order valence-corrected chi connectivity index (χ4v) is 4.92. The van der Waals surface area contributed by atoms with E-state index in [-0.39, 0.29) is 5.92 Å². The number of hydrogen-bond acceptors (Lipinski definition) is 6. The first-order valence-electron chi connectivity index (χ1n) is 12.2. The third kappa shape index (κ3) is 5.11. The minimum Gasteiger partial charge on any atom is -0.497 e. The van der Waals surface area contributed by atoms with Gasteiger partial charge in [0, 0.05) is 17.1 Å². The number of amides is 1. The minimum absolute atomic E-state index is 0.286. The van der Waals surface area contributed by atoms with Crippen LogP contribution in [0.15, 0.2) is 72.8 Å². The first kappa shape index (κ1) is 24.3. The van der Waals surface area contributed by atoms with Crippen LogP contribution in [0.4, 0.5) is 5.69 Å². The number of rotatable bonds is 7. The molecule has 0 bridgehead atoms. The lowest BCUT2D eigenvalue weighted by Gasteiger charge is -2.27. The molecular formula is C30H28N2O5. The Bertz CT molecular complexity index is 1450. The van der Waals surface area contributed by atoms with Gasteiger partial charge in [-0.15, -0.1) is 0 Å². The van der Waals surface area contributed by atoms with Crippen LogP contribution in [0.3, 0.4) is 0 Å². The van der Waals surface area contributed by atoms with Gasteiger partial charge in [-0.05, 0) is 54.5 Å². The van der Waals surface area contributed by atoms with Crippen molar-refractivity contribution in [2.75, 3.05) is 26.1 Å². The SMILES string of the molecule is COc1ccc(NC(=O)COC(=O)c2c3c(nc4ccccc24)CCC(c2ccccc2)C3)c(OC)c1. The van der Waals surface area contributed by atoms with Crippen LogP contribution in [-0.2, 0) is 22.4 Å². The largest absolute Gasteiger partial charge is 0.497 e. The van der Waals surface area contributed by atoms with Gasteiger partial charge in [0.1, 0.15) is 11.5 Å². The summed E-state index contributed by atoms with van der Waals surface area (Å²) in [6, 6.07) is 23.0. The van der Waals surface area contributed by atoms with Gasteiger partial charge in [0.05, 0.1) is 31.0 Å². The first-order valence-corrected chi connectivity index (χ1v) is 12.2. The summed E-state index contributed by atoms with van der Waals surface area (Å²) in [5.41, 5.74) is 4.77. The van der Waals surface area contributed by atoms with E-state index in [1.165, 1.54) is 12.7 Å². The van der Waals surface area contributed by atoms with Crippen molar-refractivity contribution in [1.82, 2.24) is 4.98 Å². The van der Waals surface area contributed by atoms with Crippen molar-refractivity contribution in [3.8, 4) is 11.5 Å². The number of carbonyl (C=O) groups is 2. The van der Waals surface area contributed by atoms with Gasteiger partial charge >= 0.3 is 5.97 Å². The maximum atomic E-state index is 13.5. The second kappa shape index (κ2) is 10.7. The summed E-state index contributed by atoms with van der Waals surface area (Å²) in [4.78, 5) is 31.0. The molecule has 5 rings (SSSR count). The fraction of sp³-hybridized carbons (Fsp3) is 0.233. The number of ether oxygens (including phenoxy) is 3. The number of para-hydroxylation sites is 1. The molecule has 1 aliphatic carbocycles. The number of carbonyl (C=O) groups excluding carboxylic acids is 2. The van der Waals surface area contributed by atoms with Crippen molar-refractivity contribution in [2.45, 2.75) is 25.2 Å². The molecule has 1 aliphatic rings. The molecule has 1 unspecified atom stereocenters. The summed E-state index contributed by atoms with van der Waals surface area (Å²) >= 11 is 0. The molecule has 1 amide bonds. The fourth-order valence-electron chi connectivity index (χ4n) is 4.92. The van der Waals surface area contributed by atoms with E-state index in [0.717, 1.165) is 35.0 Å². The van der Waals surface area contributed by atoms with E-state index in [1.54, 1.807) is 25.3 Å². The molecule has 0 radical (unpaired) electrons. The predicted molar refractivity (Wildman–Crippen MR) is 141 cm³/mol. The van der Waals surface area contributed by atoms with E-state index in [4.69, 9.17) is 19.2 Å². The zero-order chi connectivity index (χ0) is 25.8. The number of aryl methyl sites for hydroxylation is 1. The summed E-state index contributed by atoms with van der Waals surface area (Å²) < 4.78 is 16.1. The average Bonchev–Trinajstić information content (AvgIpc) is 2.95. The summed E-state index contributed by atoms with van der Waals surface area (Å²) in [7, 11) is 3.06. The molecule has 188 valence electrons. The Labute approximate surface area is 215 Å². The summed E-state index contributed by atoms with van der Waals surface area (Å²) in [5.74, 6) is 0.338. The zero-order valence-corrected chi connectivity index (χ0v) is 20.8. The van der Waals surface area contributed by atoms with E-state index in [1.807, 2.05) is 42.5 Å². The van der Waals surface area contributed by atoms with Gasteiger partial charge in [-0.2, -0.15) is 0 Å². The van der Waals surface area contributed by atoms with Crippen molar-refractivity contribution < 1.29 is 23.8 Å². The highest BCUT2D eigenvalue weighted by Crippen LogP contribution is 2.36. The summed E-state index contributed by atoms with van der Waals surface area (Å²) in [6.45, 7) is -0.429. The number of benzene rings is 3. The number of pyridine rings is 1. The third-order valence-corrected chi connectivity index (χ3v) is 6.75. The lowest BCUT2D eigenvalue weighted by atomic mass is 9.80. The summed E-state index contributed by atoms with van der Waals surface area (Å²) in [6.07, 6.45) is 2.43. The molecule has 3 aromatic carbocycles. The molecule has 1 aromatic heterocycles. The quantitative estimate of drug-likeness (QED) is 0.349. The molecule has 1 atom stereocenters. The number of hydrogen-bond donors (Lipinski definition) is 1. The number of nitrogens with zero attached hydrogens (tertiary/aromatic N) is 1. The van der Waals surface area contributed by atoms with Crippen LogP contribution in [0.2, 0.25) is 0 Å². The van der Waals surface area contributed by atoms with Crippen LogP contribution >= 0.6 is 0 Å².